The largest absolute Gasteiger partial charge is 0.456 e. The molecule has 4 saturated carbocycles. The molecule has 7 nitrogen and oxygen atoms in total. The SMILES string of the molecule is Cc1ccc(S(=O)(=O)N2C[C@H](O)C[C@@H]2C(=O)OCC(=O)C23CC4CC(CC(C4)C2)C3)cc1C. The van der Waals surface area contributed by atoms with Gasteiger partial charge in [0.1, 0.15) is 6.04 Å². The number of hydrogen-bond acceptors (Lipinski definition) is 6. The molecule has 0 spiro atoms. The molecule has 33 heavy (non-hydrogen) atoms. The van der Waals surface area contributed by atoms with Crippen molar-refractivity contribution in [3.8, 4) is 0 Å². The second-order valence-electron chi connectivity index (χ2n) is 11.0. The number of rotatable bonds is 6. The Morgan fingerprint density at radius 1 is 1.03 bits per heavy atom. The van der Waals surface area contributed by atoms with Crippen molar-refractivity contribution in [3.63, 3.8) is 0 Å². The van der Waals surface area contributed by atoms with Crippen LogP contribution in [0.25, 0.3) is 0 Å². The first-order valence-corrected chi connectivity index (χ1v) is 13.5. The zero-order valence-corrected chi connectivity index (χ0v) is 20.1. The third-order valence-corrected chi connectivity index (χ3v) is 10.4. The van der Waals surface area contributed by atoms with Gasteiger partial charge >= 0.3 is 5.97 Å². The molecule has 0 radical (unpaired) electrons. The van der Waals surface area contributed by atoms with E-state index < -0.39 is 28.1 Å². The van der Waals surface area contributed by atoms with Crippen LogP contribution in [-0.2, 0) is 24.3 Å². The Bertz CT molecular complexity index is 1050. The van der Waals surface area contributed by atoms with Crippen molar-refractivity contribution < 1.29 is 27.9 Å². The van der Waals surface area contributed by atoms with Gasteiger partial charge in [0.15, 0.2) is 12.4 Å². The first kappa shape index (κ1) is 23.0. The summed E-state index contributed by atoms with van der Waals surface area (Å²) >= 11 is 0. The molecule has 180 valence electrons. The summed E-state index contributed by atoms with van der Waals surface area (Å²) in [5.74, 6) is 1.06. The Hall–Kier alpha value is -1.77. The van der Waals surface area contributed by atoms with Crippen LogP contribution in [0.3, 0.4) is 0 Å². The number of ether oxygens (including phenoxy) is 1. The average molecular weight is 476 g/mol. The highest BCUT2D eigenvalue weighted by atomic mass is 32.2. The standard InChI is InChI=1S/C25H33NO6S/c1-15-3-4-21(5-16(15)2)33(30,31)26-13-20(27)9-22(26)24(29)32-14-23(28)25-10-17-6-18(11-25)8-19(7-17)12-25/h3-5,17-20,22,27H,6-14H2,1-2H3/t17?,18?,19?,20-,22-,25?/m1/s1. The number of benzene rings is 1. The number of β-amino-alcohol motifs (C(OH)–C–C–N with tert-alkyl or cyclic N) is 1. The predicted octanol–water partition coefficient (Wildman–Crippen LogP) is 2.76. The Morgan fingerprint density at radius 2 is 1.64 bits per heavy atom. The van der Waals surface area contributed by atoms with E-state index in [0.717, 1.165) is 34.7 Å². The summed E-state index contributed by atoms with van der Waals surface area (Å²) in [6.07, 6.45) is 5.35. The summed E-state index contributed by atoms with van der Waals surface area (Å²) in [4.78, 5) is 26.2. The number of aryl methyl sites for hydroxylation is 2. The molecule has 1 aliphatic heterocycles. The van der Waals surface area contributed by atoms with E-state index in [1.54, 1.807) is 12.1 Å². The highest BCUT2D eigenvalue weighted by Gasteiger charge is 2.54. The smallest absolute Gasteiger partial charge is 0.325 e. The van der Waals surface area contributed by atoms with E-state index in [-0.39, 0.29) is 35.7 Å². The second-order valence-corrected chi connectivity index (χ2v) is 12.8. The molecule has 0 amide bonds. The fraction of sp³-hybridized carbons (Fsp3) is 0.680. The van der Waals surface area contributed by atoms with Gasteiger partial charge in [-0.15, -0.1) is 0 Å². The van der Waals surface area contributed by atoms with Gasteiger partial charge in [-0.1, -0.05) is 6.07 Å². The zero-order valence-electron chi connectivity index (χ0n) is 19.3. The van der Waals surface area contributed by atoms with E-state index in [4.69, 9.17) is 4.74 Å². The lowest BCUT2D eigenvalue weighted by Gasteiger charge is -2.55. The third kappa shape index (κ3) is 4.04. The monoisotopic (exact) mass is 475 g/mol. The minimum absolute atomic E-state index is 0.0166. The minimum atomic E-state index is -3.99. The van der Waals surface area contributed by atoms with Crippen molar-refractivity contribution in [1.82, 2.24) is 4.31 Å². The van der Waals surface area contributed by atoms with Crippen LogP contribution in [0.15, 0.2) is 23.1 Å². The quantitative estimate of drug-likeness (QED) is 0.635. The summed E-state index contributed by atoms with van der Waals surface area (Å²) < 4.78 is 33.0. The van der Waals surface area contributed by atoms with Crippen LogP contribution in [0, 0.1) is 37.0 Å². The number of carbonyl (C=O) groups excluding carboxylic acids is 2. The number of esters is 1. The van der Waals surface area contributed by atoms with Crippen molar-refractivity contribution in [2.45, 2.75) is 75.8 Å². The van der Waals surface area contributed by atoms with Crippen LogP contribution in [-0.4, -0.2) is 54.9 Å². The molecular formula is C25H33NO6S. The van der Waals surface area contributed by atoms with E-state index >= 15 is 0 Å². The first-order valence-electron chi connectivity index (χ1n) is 12.0. The Kier molecular flexibility index (Phi) is 5.69. The van der Waals surface area contributed by atoms with E-state index in [9.17, 15) is 23.1 Å². The van der Waals surface area contributed by atoms with Crippen LogP contribution in [0.1, 0.15) is 56.1 Å². The number of ketones is 1. The van der Waals surface area contributed by atoms with Gasteiger partial charge in [0.2, 0.25) is 10.0 Å². The van der Waals surface area contributed by atoms with Crippen molar-refractivity contribution in [2.24, 2.45) is 23.2 Å². The molecule has 0 unspecified atom stereocenters. The summed E-state index contributed by atoms with van der Waals surface area (Å²) in [5, 5.41) is 10.2. The Labute approximate surface area is 195 Å². The molecule has 1 heterocycles. The van der Waals surface area contributed by atoms with E-state index in [1.165, 1.54) is 25.3 Å². The lowest BCUT2D eigenvalue weighted by molar-refractivity contribution is -0.159. The predicted molar refractivity (Wildman–Crippen MR) is 121 cm³/mol. The number of sulfonamides is 1. The highest BCUT2D eigenvalue weighted by molar-refractivity contribution is 7.89. The van der Waals surface area contributed by atoms with Gasteiger partial charge in [-0.05, 0) is 93.4 Å². The lowest BCUT2D eigenvalue weighted by atomic mass is 9.48. The fourth-order valence-corrected chi connectivity index (χ4v) is 8.82. The molecule has 1 saturated heterocycles. The number of aliphatic hydroxyl groups excluding tert-OH is 1. The van der Waals surface area contributed by atoms with Gasteiger partial charge in [0, 0.05) is 18.4 Å². The van der Waals surface area contributed by atoms with Crippen LogP contribution in [0.2, 0.25) is 0 Å². The molecule has 8 heteroatoms. The lowest BCUT2D eigenvalue weighted by Crippen LogP contribution is -2.51. The van der Waals surface area contributed by atoms with Crippen molar-refractivity contribution in [2.75, 3.05) is 13.2 Å². The molecule has 0 aromatic heterocycles. The normalized spacial score (nSPS) is 35.7. The first-order chi connectivity index (χ1) is 15.6. The van der Waals surface area contributed by atoms with E-state index in [0.29, 0.717) is 17.8 Å². The summed E-state index contributed by atoms with van der Waals surface area (Å²) in [7, 11) is -3.99. The number of Topliss-reactive ketones (excluding diaryl/α,β-unsaturated/α-hetero) is 1. The maximum absolute atomic E-state index is 13.3. The van der Waals surface area contributed by atoms with E-state index in [1.807, 2.05) is 13.8 Å². The molecule has 5 aliphatic rings. The van der Waals surface area contributed by atoms with Crippen molar-refractivity contribution >= 4 is 21.8 Å². The molecule has 5 fully saturated rings. The maximum Gasteiger partial charge on any atom is 0.325 e. The molecule has 1 N–H and O–H groups in total. The fourth-order valence-electron chi connectivity index (χ4n) is 7.11. The molecule has 2 atom stereocenters. The second kappa shape index (κ2) is 8.17. The average Bonchev–Trinajstić information content (AvgIpc) is 3.15. The summed E-state index contributed by atoms with van der Waals surface area (Å²) in [6.45, 7) is 3.24. The minimum Gasteiger partial charge on any atom is -0.456 e. The van der Waals surface area contributed by atoms with Gasteiger partial charge in [-0.2, -0.15) is 4.31 Å². The maximum atomic E-state index is 13.3. The van der Waals surface area contributed by atoms with Crippen LogP contribution in [0.4, 0.5) is 0 Å². The third-order valence-electron chi connectivity index (χ3n) is 8.57. The number of carbonyl (C=O) groups is 2. The Balaban J connectivity index is 1.28. The van der Waals surface area contributed by atoms with Crippen LogP contribution < -0.4 is 0 Å². The van der Waals surface area contributed by atoms with Gasteiger partial charge in [-0.3, -0.25) is 9.59 Å². The van der Waals surface area contributed by atoms with Gasteiger partial charge in [0.25, 0.3) is 0 Å². The van der Waals surface area contributed by atoms with E-state index in [2.05, 4.69) is 0 Å². The van der Waals surface area contributed by atoms with Gasteiger partial charge in [-0.25, -0.2) is 8.42 Å². The number of nitrogens with zero attached hydrogens (tertiary/aromatic N) is 1. The van der Waals surface area contributed by atoms with Crippen LogP contribution in [0.5, 0.6) is 0 Å². The van der Waals surface area contributed by atoms with Gasteiger partial charge < -0.3 is 9.84 Å². The number of hydrogen-bond donors (Lipinski definition) is 1. The Morgan fingerprint density at radius 3 is 2.21 bits per heavy atom. The molecule has 4 aliphatic carbocycles. The molecule has 1 aromatic carbocycles. The molecular weight excluding hydrogens is 442 g/mol. The molecule has 4 bridgehead atoms. The molecule has 1 aromatic rings. The number of aliphatic hydroxyl groups is 1. The summed E-state index contributed by atoms with van der Waals surface area (Å²) in [5.41, 5.74) is 1.43. The van der Waals surface area contributed by atoms with Gasteiger partial charge in [0.05, 0.1) is 11.0 Å². The highest BCUT2D eigenvalue weighted by Crippen LogP contribution is 2.60. The summed E-state index contributed by atoms with van der Waals surface area (Å²) in [6, 6.07) is 3.69. The van der Waals surface area contributed by atoms with Crippen molar-refractivity contribution in [3.05, 3.63) is 29.3 Å². The zero-order chi connectivity index (χ0) is 23.5. The van der Waals surface area contributed by atoms with Crippen molar-refractivity contribution in [1.29, 1.82) is 0 Å². The molecule has 6 rings (SSSR count). The topological polar surface area (TPSA) is 101 Å². The van der Waals surface area contributed by atoms with Crippen LogP contribution >= 0.6 is 0 Å².